The Morgan fingerprint density at radius 2 is 1.96 bits per heavy atom. The fraction of sp³-hybridized carbons (Fsp3) is 0.412. The van der Waals surface area contributed by atoms with Crippen LogP contribution >= 0.6 is 34.3 Å². The number of hydrogen-bond donors (Lipinski definition) is 1. The van der Waals surface area contributed by atoms with Gasteiger partial charge < -0.3 is 10.1 Å². The molecule has 0 aliphatic heterocycles. The monoisotopic (exact) mass is 462 g/mol. The van der Waals surface area contributed by atoms with Crippen molar-refractivity contribution in [1.82, 2.24) is 4.31 Å². The van der Waals surface area contributed by atoms with E-state index in [-0.39, 0.29) is 10.8 Å². The Labute approximate surface area is 176 Å². The van der Waals surface area contributed by atoms with E-state index in [1.807, 2.05) is 0 Å². The second-order valence-corrected chi connectivity index (χ2v) is 11.4. The van der Waals surface area contributed by atoms with Gasteiger partial charge in [0.1, 0.15) is 9.21 Å². The summed E-state index contributed by atoms with van der Waals surface area (Å²) in [7, 11) is -1.20. The number of ether oxygens (including phenoxy) is 1. The second kappa shape index (κ2) is 8.50. The highest BCUT2D eigenvalue weighted by atomic mass is 35.5. The van der Waals surface area contributed by atoms with Crippen LogP contribution in [0.5, 0.6) is 0 Å². The average molecular weight is 463 g/mol. The highest BCUT2D eigenvalue weighted by Crippen LogP contribution is 2.38. The number of amides is 1. The maximum absolute atomic E-state index is 12.5. The molecule has 2 aromatic heterocycles. The number of methoxy groups -OCH3 is 1. The number of carbonyl (C=O) groups is 2. The molecule has 0 unspecified atom stereocenters. The molecule has 28 heavy (non-hydrogen) atoms. The zero-order valence-corrected chi connectivity index (χ0v) is 18.5. The van der Waals surface area contributed by atoms with Gasteiger partial charge in [-0.25, -0.2) is 13.2 Å². The van der Waals surface area contributed by atoms with Gasteiger partial charge in [0.25, 0.3) is 10.0 Å². The molecule has 0 atom stereocenters. The van der Waals surface area contributed by atoms with Crippen molar-refractivity contribution >= 4 is 61.2 Å². The largest absolute Gasteiger partial charge is 0.465 e. The van der Waals surface area contributed by atoms with Crippen molar-refractivity contribution in [3.8, 4) is 0 Å². The van der Waals surface area contributed by atoms with Gasteiger partial charge in [-0.3, -0.25) is 4.79 Å². The summed E-state index contributed by atoms with van der Waals surface area (Å²) in [5, 5.41) is 3.10. The van der Waals surface area contributed by atoms with Crippen LogP contribution in [0, 0.1) is 0 Å². The predicted octanol–water partition coefficient (Wildman–Crippen LogP) is 3.39. The molecule has 0 saturated heterocycles. The van der Waals surface area contributed by atoms with Crippen molar-refractivity contribution in [3.63, 3.8) is 0 Å². The fourth-order valence-electron chi connectivity index (χ4n) is 3.02. The lowest BCUT2D eigenvalue weighted by molar-refractivity contribution is -0.116. The van der Waals surface area contributed by atoms with Crippen LogP contribution in [0.25, 0.3) is 0 Å². The first-order chi connectivity index (χ1) is 13.2. The zero-order chi connectivity index (χ0) is 20.5. The standard InChI is InChI=1S/C17H19ClN2O5S3/c1-20(28(23,24)14-8-7-12(18)27-14)9-13(21)19-16-15(17(22)25-2)10-5-3-4-6-11(10)26-16/h7-8H,3-6,9H2,1-2H3,(H,19,21). The minimum Gasteiger partial charge on any atom is -0.465 e. The Balaban J connectivity index is 1.78. The van der Waals surface area contributed by atoms with Crippen LogP contribution in [0.2, 0.25) is 4.34 Å². The molecule has 2 aromatic rings. The van der Waals surface area contributed by atoms with E-state index in [4.69, 9.17) is 16.3 Å². The third-order valence-electron chi connectivity index (χ3n) is 4.39. The van der Waals surface area contributed by atoms with Crippen LogP contribution in [-0.4, -0.2) is 45.3 Å². The van der Waals surface area contributed by atoms with E-state index in [1.165, 1.54) is 37.6 Å². The summed E-state index contributed by atoms with van der Waals surface area (Å²) in [6, 6.07) is 2.89. The molecular formula is C17H19ClN2O5S3. The lowest BCUT2D eigenvalue weighted by Crippen LogP contribution is -2.34. The first-order valence-corrected chi connectivity index (χ1v) is 11.9. The minimum absolute atomic E-state index is 0.0645. The lowest BCUT2D eigenvalue weighted by Gasteiger charge is -2.15. The van der Waals surface area contributed by atoms with Crippen LogP contribution < -0.4 is 5.32 Å². The molecule has 1 aliphatic rings. The zero-order valence-electron chi connectivity index (χ0n) is 15.3. The highest BCUT2D eigenvalue weighted by Gasteiger charge is 2.29. The summed E-state index contributed by atoms with van der Waals surface area (Å²) in [5.41, 5.74) is 1.30. The lowest BCUT2D eigenvalue weighted by atomic mass is 9.95. The summed E-state index contributed by atoms with van der Waals surface area (Å²) in [4.78, 5) is 25.8. The Bertz CT molecular complexity index is 1010. The van der Waals surface area contributed by atoms with Gasteiger partial charge in [-0.15, -0.1) is 22.7 Å². The van der Waals surface area contributed by atoms with E-state index in [9.17, 15) is 18.0 Å². The van der Waals surface area contributed by atoms with Crippen LogP contribution in [-0.2, 0) is 32.4 Å². The van der Waals surface area contributed by atoms with Crippen molar-refractivity contribution in [1.29, 1.82) is 0 Å². The molecular weight excluding hydrogens is 444 g/mol. The van der Waals surface area contributed by atoms with Crippen molar-refractivity contribution in [2.24, 2.45) is 0 Å². The number of nitrogens with one attached hydrogen (secondary N) is 1. The molecule has 0 fully saturated rings. The molecule has 152 valence electrons. The van der Waals surface area contributed by atoms with Gasteiger partial charge in [-0.2, -0.15) is 4.31 Å². The third kappa shape index (κ3) is 4.25. The summed E-state index contributed by atoms with van der Waals surface area (Å²) < 4.78 is 31.3. The normalized spacial score (nSPS) is 14.0. The van der Waals surface area contributed by atoms with Crippen molar-refractivity contribution in [2.45, 2.75) is 29.9 Å². The molecule has 0 aromatic carbocycles. The van der Waals surface area contributed by atoms with Gasteiger partial charge >= 0.3 is 5.97 Å². The van der Waals surface area contributed by atoms with Gasteiger partial charge in [0.05, 0.1) is 23.6 Å². The number of rotatable bonds is 6. The molecule has 1 aliphatic carbocycles. The fourth-order valence-corrected chi connectivity index (χ4v) is 7.13. The summed E-state index contributed by atoms with van der Waals surface area (Å²) >= 11 is 8.09. The molecule has 0 saturated carbocycles. The van der Waals surface area contributed by atoms with Crippen molar-refractivity contribution in [2.75, 3.05) is 26.0 Å². The molecule has 11 heteroatoms. The first kappa shape index (κ1) is 21.3. The van der Waals surface area contributed by atoms with Crippen molar-refractivity contribution in [3.05, 3.63) is 32.5 Å². The smallest absolute Gasteiger partial charge is 0.341 e. The second-order valence-electron chi connectivity index (χ2n) is 6.27. The molecule has 3 rings (SSSR count). The molecule has 0 spiro atoms. The van der Waals surface area contributed by atoms with E-state index in [1.54, 1.807) is 0 Å². The Kier molecular flexibility index (Phi) is 6.45. The number of fused-ring (bicyclic) bond motifs is 1. The number of thiophene rings is 2. The quantitative estimate of drug-likeness (QED) is 0.664. The number of nitrogens with zero attached hydrogens (tertiary/aromatic N) is 1. The number of sulfonamides is 1. The molecule has 1 N–H and O–H groups in total. The Hall–Kier alpha value is -1.46. The molecule has 0 bridgehead atoms. The molecule has 7 nitrogen and oxygen atoms in total. The summed E-state index contributed by atoms with van der Waals surface area (Å²) in [5.74, 6) is -1.03. The van der Waals surface area contributed by atoms with Crippen LogP contribution in [0.4, 0.5) is 5.00 Å². The number of aryl methyl sites for hydroxylation is 1. The van der Waals surface area contributed by atoms with E-state index >= 15 is 0 Å². The number of esters is 1. The van der Waals surface area contributed by atoms with E-state index in [2.05, 4.69) is 5.32 Å². The topological polar surface area (TPSA) is 92.8 Å². The first-order valence-electron chi connectivity index (χ1n) is 8.48. The number of anilines is 1. The average Bonchev–Trinajstić information content (AvgIpc) is 3.24. The van der Waals surface area contributed by atoms with E-state index < -0.39 is 21.9 Å². The SMILES string of the molecule is COC(=O)c1c(NC(=O)CN(C)S(=O)(=O)c2ccc(Cl)s2)sc2c1CCCC2. The maximum atomic E-state index is 12.5. The number of likely N-dealkylation sites (N-methyl/N-ethyl adjacent to an activating group) is 1. The minimum atomic E-state index is -3.82. The van der Waals surface area contributed by atoms with Crippen LogP contribution in [0.3, 0.4) is 0 Å². The number of halogens is 1. The number of hydrogen-bond acceptors (Lipinski definition) is 7. The maximum Gasteiger partial charge on any atom is 0.341 e. The van der Waals surface area contributed by atoms with Gasteiger partial charge in [-0.05, 0) is 43.4 Å². The van der Waals surface area contributed by atoms with Crippen LogP contribution in [0.15, 0.2) is 16.3 Å². The van der Waals surface area contributed by atoms with Gasteiger partial charge in [0, 0.05) is 11.9 Å². The summed E-state index contributed by atoms with van der Waals surface area (Å²) in [6.45, 7) is -0.388. The van der Waals surface area contributed by atoms with Crippen molar-refractivity contribution < 1.29 is 22.7 Å². The Morgan fingerprint density at radius 1 is 1.25 bits per heavy atom. The van der Waals surface area contributed by atoms with E-state index in [0.717, 1.165) is 51.8 Å². The highest BCUT2D eigenvalue weighted by molar-refractivity contribution is 7.91. The molecule has 2 heterocycles. The van der Waals surface area contributed by atoms with E-state index in [0.29, 0.717) is 14.9 Å². The molecule has 1 amide bonds. The van der Waals surface area contributed by atoms with Gasteiger partial charge in [0.2, 0.25) is 5.91 Å². The molecule has 0 radical (unpaired) electrons. The Morgan fingerprint density at radius 3 is 2.61 bits per heavy atom. The third-order valence-corrected chi connectivity index (χ3v) is 9.10. The van der Waals surface area contributed by atoms with Gasteiger partial charge in [-0.1, -0.05) is 11.6 Å². The van der Waals surface area contributed by atoms with Crippen LogP contribution in [0.1, 0.15) is 33.6 Å². The predicted molar refractivity (Wildman–Crippen MR) is 110 cm³/mol. The van der Waals surface area contributed by atoms with Gasteiger partial charge in [0.15, 0.2) is 0 Å². The number of carbonyl (C=O) groups excluding carboxylic acids is 2. The summed E-state index contributed by atoms with van der Waals surface area (Å²) in [6.07, 6.45) is 3.63.